The molecule has 0 radical (unpaired) electrons. The fraction of sp³-hybridized carbons (Fsp3) is 0.700. The lowest BCUT2D eigenvalue weighted by Gasteiger charge is -2.11. The van der Waals surface area contributed by atoms with E-state index in [2.05, 4.69) is 24.3 Å². The highest BCUT2D eigenvalue weighted by Gasteiger charge is 2.10. The van der Waals surface area contributed by atoms with Gasteiger partial charge in [-0.2, -0.15) is 5.10 Å². The summed E-state index contributed by atoms with van der Waals surface area (Å²) in [6.45, 7) is 5.83. The average molecular weight is 245 g/mol. The monoisotopic (exact) mass is 245 g/mol. The predicted octanol–water partition coefficient (Wildman–Crippen LogP) is 0.675. The molecule has 0 aromatic carbocycles. The number of aryl methyl sites for hydroxylation is 1. The summed E-state index contributed by atoms with van der Waals surface area (Å²) in [4.78, 5) is 0.281. The highest BCUT2D eigenvalue weighted by molar-refractivity contribution is 7.90. The van der Waals surface area contributed by atoms with E-state index < -0.39 is 9.84 Å². The van der Waals surface area contributed by atoms with Gasteiger partial charge >= 0.3 is 0 Å². The van der Waals surface area contributed by atoms with Crippen molar-refractivity contribution < 1.29 is 8.42 Å². The lowest BCUT2D eigenvalue weighted by Crippen LogP contribution is -2.26. The zero-order valence-electron chi connectivity index (χ0n) is 9.97. The van der Waals surface area contributed by atoms with E-state index in [0.29, 0.717) is 6.04 Å². The SMILES string of the molecule is CCNC(C)CCn1cc(S(C)(=O)=O)cn1. The van der Waals surface area contributed by atoms with Gasteiger partial charge in [0, 0.05) is 25.0 Å². The van der Waals surface area contributed by atoms with Crippen LogP contribution in [0.2, 0.25) is 0 Å². The fourth-order valence-electron chi connectivity index (χ4n) is 1.43. The van der Waals surface area contributed by atoms with Gasteiger partial charge in [0.05, 0.1) is 6.20 Å². The van der Waals surface area contributed by atoms with Gasteiger partial charge in [0.25, 0.3) is 0 Å². The molecule has 0 aliphatic rings. The van der Waals surface area contributed by atoms with Crippen molar-refractivity contribution in [2.24, 2.45) is 0 Å². The van der Waals surface area contributed by atoms with Gasteiger partial charge < -0.3 is 5.32 Å². The van der Waals surface area contributed by atoms with Crippen LogP contribution in [0.25, 0.3) is 0 Å². The number of hydrogen-bond donors (Lipinski definition) is 1. The van der Waals surface area contributed by atoms with E-state index in [-0.39, 0.29) is 4.90 Å². The summed E-state index contributed by atoms with van der Waals surface area (Å²) in [6.07, 6.45) is 5.09. The molecule has 16 heavy (non-hydrogen) atoms. The second-order valence-corrected chi connectivity index (χ2v) is 5.97. The Balaban J connectivity index is 2.53. The summed E-state index contributed by atoms with van der Waals surface area (Å²) in [5, 5.41) is 7.32. The third-order valence-corrected chi connectivity index (χ3v) is 3.45. The molecule has 1 heterocycles. The first-order valence-corrected chi connectivity index (χ1v) is 7.28. The molecule has 1 unspecified atom stereocenters. The van der Waals surface area contributed by atoms with Crippen LogP contribution >= 0.6 is 0 Å². The second-order valence-electron chi connectivity index (χ2n) is 3.96. The second kappa shape index (κ2) is 5.45. The topological polar surface area (TPSA) is 64.0 Å². The van der Waals surface area contributed by atoms with E-state index in [0.717, 1.165) is 19.5 Å². The summed E-state index contributed by atoms with van der Waals surface area (Å²) < 4.78 is 24.1. The van der Waals surface area contributed by atoms with Crippen LogP contribution in [0.1, 0.15) is 20.3 Å². The maximum atomic E-state index is 11.2. The van der Waals surface area contributed by atoms with Gasteiger partial charge in [0.2, 0.25) is 0 Å². The van der Waals surface area contributed by atoms with Crippen LogP contribution in [0.4, 0.5) is 0 Å². The van der Waals surface area contributed by atoms with Crippen LogP contribution < -0.4 is 5.32 Å². The first-order chi connectivity index (χ1) is 7.43. The maximum absolute atomic E-state index is 11.2. The van der Waals surface area contributed by atoms with Crippen LogP contribution in [0.15, 0.2) is 17.3 Å². The van der Waals surface area contributed by atoms with Crippen molar-refractivity contribution >= 4 is 9.84 Å². The minimum atomic E-state index is -3.13. The number of rotatable bonds is 6. The van der Waals surface area contributed by atoms with Gasteiger partial charge in [0.1, 0.15) is 4.90 Å². The Bertz CT molecular complexity index is 425. The summed E-state index contributed by atoms with van der Waals surface area (Å²) >= 11 is 0. The van der Waals surface area contributed by atoms with Crippen LogP contribution in [-0.2, 0) is 16.4 Å². The van der Waals surface area contributed by atoms with Gasteiger partial charge in [-0.15, -0.1) is 0 Å². The molecule has 5 nitrogen and oxygen atoms in total. The van der Waals surface area contributed by atoms with Crippen molar-refractivity contribution in [2.75, 3.05) is 12.8 Å². The highest BCUT2D eigenvalue weighted by Crippen LogP contribution is 2.07. The molecule has 0 bridgehead atoms. The molecule has 0 saturated carbocycles. The minimum Gasteiger partial charge on any atom is -0.314 e. The van der Waals surface area contributed by atoms with E-state index >= 15 is 0 Å². The maximum Gasteiger partial charge on any atom is 0.178 e. The van der Waals surface area contributed by atoms with Crippen molar-refractivity contribution in [2.45, 2.75) is 37.8 Å². The largest absolute Gasteiger partial charge is 0.314 e. The van der Waals surface area contributed by atoms with E-state index in [1.54, 1.807) is 10.9 Å². The summed E-state index contributed by atoms with van der Waals surface area (Å²) in [7, 11) is -3.13. The molecule has 1 aromatic rings. The van der Waals surface area contributed by atoms with Crippen molar-refractivity contribution in [3.8, 4) is 0 Å². The Morgan fingerprint density at radius 3 is 2.75 bits per heavy atom. The predicted molar refractivity (Wildman–Crippen MR) is 63.1 cm³/mol. The third kappa shape index (κ3) is 3.94. The van der Waals surface area contributed by atoms with Crippen molar-refractivity contribution in [3.63, 3.8) is 0 Å². The van der Waals surface area contributed by atoms with Crippen LogP contribution in [0.3, 0.4) is 0 Å². The Labute approximate surface area is 96.8 Å². The molecule has 0 fully saturated rings. The molecule has 0 amide bonds. The molecule has 1 rings (SSSR count). The van der Waals surface area contributed by atoms with E-state index in [9.17, 15) is 8.42 Å². The van der Waals surface area contributed by atoms with Gasteiger partial charge in [0.15, 0.2) is 9.84 Å². The van der Waals surface area contributed by atoms with Crippen molar-refractivity contribution in [3.05, 3.63) is 12.4 Å². The minimum absolute atomic E-state index is 0.281. The molecular weight excluding hydrogens is 226 g/mol. The molecule has 0 saturated heterocycles. The van der Waals surface area contributed by atoms with Gasteiger partial charge in [-0.25, -0.2) is 8.42 Å². The Morgan fingerprint density at radius 2 is 2.25 bits per heavy atom. The smallest absolute Gasteiger partial charge is 0.178 e. The number of aromatic nitrogens is 2. The summed E-state index contributed by atoms with van der Waals surface area (Å²) in [5.41, 5.74) is 0. The normalized spacial score (nSPS) is 13.9. The number of hydrogen-bond acceptors (Lipinski definition) is 4. The zero-order valence-corrected chi connectivity index (χ0v) is 10.8. The molecule has 0 spiro atoms. The Morgan fingerprint density at radius 1 is 1.56 bits per heavy atom. The van der Waals surface area contributed by atoms with E-state index in [1.165, 1.54) is 12.5 Å². The van der Waals surface area contributed by atoms with Gasteiger partial charge in [-0.1, -0.05) is 6.92 Å². The van der Waals surface area contributed by atoms with E-state index in [4.69, 9.17) is 0 Å². The lowest BCUT2D eigenvalue weighted by atomic mass is 10.2. The van der Waals surface area contributed by atoms with Gasteiger partial charge in [-0.05, 0) is 19.9 Å². The van der Waals surface area contributed by atoms with Crippen LogP contribution in [0.5, 0.6) is 0 Å². The molecule has 1 atom stereocenters. The van der Waals surface area contributed by atoms with E-state index in [1.807, 2.05) is 0 Å². The highest BCUT2D eigenvalue weighted by atomic mass is 32.2. The first kappa shape index (κ1) is 13.2. The third-order valence-electron chi connectivity index (χ3n) is 2.38. The number of nitrogens with zero attached hydrogens (tertiary/aromatic N) is 2. The van der Waals surface area contributed by atoms with Crippen LogP contribution in [0, 0.1) is 0 Å². The summed E-state index contributed by atoms with van der Waals surface area (Å²) in [6, 6.07) is 0.413. The molecule has 0 aliphatic carbocycles. The van der Waals surface area contributed by atoms with Crippen molar-refractivity contribution in [1.82, 2.24) is 15.1 Å². The molecule has 92 valence electrons. The quantitative estimate of drug-likeness (QED) is 0.800. The fourth-order valence-corrected chi connectivity index (χ4v) is 1.99. The Kier molecular flexibility index (Phi) is 4.49. The first-order valence-electron chi connectivity index (χ1n) is 5.39. The zero-order chi connectivity index (χ0) is 12.2. The average Bonchev–Trinajstić information content (AvgIpc) is 2.63. The number of sulfone groups is 1. The summed E-state index contributed by atoms with van der Waals surface area (Å²) in [5.74, 6) is 0. The molecule has 1 aromatic heterocycles. The molecule has 1 N–H and O–H groups in total. The van der Waals surface area contributed by atoms with Crippen LogP contribution in [-0.4, -0.2) is 37.0 Å². The lowest BCUT2D eigenvalue weighted by molar-refractivity contribution is 0.467. The standard InChI is InChI=1S/C10H19N3O2S/c1-4-11-9(2)5-6-13-8-10(7-12-13)16(3,14)15/h7-9,11H,4-6H2,1-3H3. The van der Waals surface area contributed by atoms with Crippen molar-refractivity contribution in [1.29, 1.82) is 0 Å². The Hall–Kier alpha value is -0.880. The molecule has 6 heteroatoms. The molecule has 0 aliphatic heterocycles. The number of nitrogens with one attached hydrogen (secondary N) is 1. The molecular formula is C10H19N3O2S. The van der Waals surface area contributed by atoms with Gasteiger partial charge in [-0.3, -0.25) is 4.68 Å².